The summed E-state index contributed by atoms with van der Waals surface area (Å²) < 4.78 is 0. The molecule has 3 rings (SSSR count). The Morgan fingerprint density at radius 3 is 2.38 bits per heavy atom. The Morgan fingerprint density at radius 1 is 1.08 bits per heavy atom. The molecule has 0 amide bonds. The zero-order valence-corrected chi connectivity index (χ0v) is 8.17. The summed E-state index contributed by atoms with van der Waals surface area (Å²) in [5.41, 5.74) is 0. The maximum Gasteiger partial charge on any atom is 0.136 e. The van der Waals surface area contributed by atoms with Crippen LogP contribution in [0.2, 0.25) is 0 Å². The Labute approximate surface area is 79.9 Å². The molecule has 13 heavy (non-hydrogen) atoms. The van der Waals surface area contributed by atoms with Crippen LogP contribution in [0.25, 0.3) is 0 Å². The lowest BCUT2D eigenvalue weighted by Gasteiger charge is -2.09. The van der Waals surface area contributed by atoms with Crippen LogP contribution in [0.1, 0.15) is 44.9 Å². The Bertz CT molecular complexity index is 219. The molecule has 3 saturated carbocycles. The molecule has 1 heteroatoms. The van der Waals surface area contributed by atoms with E-state index in [1.54, 1.807) is 0 Å². The van der Waals surface area contributed by atoms with Crippen LogP contribution in [-0.4, -0.2) is 5.78 Å². The van der Waals surface area contributed by atoms with Gasteiger partial charge in [-0.15, -0.1) is 0 Å². The minimum absolute atomic E-state index is 0.488. The molecular weight excluding hydrogens is 160 g/mol. The zero-order chi connectivity index (χ0) is 8.84. The number of hydrogen-bond donors (Lipinski definition) is 0. The van der Waals surface area contributed by atoms with E-state index in [9.17, 15) is 4.79 Å². The minimum atomic E-state index is 0.488. The standard InChI is InChI=1S/C12H18O/c13-12(4-3-8-1-2-8)11-6-9-5-10(9)7-11/h8-11H,1-7H2. The zero-order valence-electron chi connectivity index (χ0n) is 8.17. The van der Waals surface area contributed by atoms with Crippen LogP contribution in [-0.2, 0) is 4.79 Å². The summed E-state index contributed by atoms with van der Waals surface area (Å²) in [6.45, 7) is 0. The number of rotatable bonds is 4. The summed E-state index contributed by atoms with van der Waals surface area (Å²) in [6.07, 6.45) is 8.81. The van der Waals surface area contributed by atoms with E-state index in [0.29, 0.717) is 11.7 Å². The van der Waals surface area contributed by atoms with Crippen LogP contribution in [0.4, 0.5) is 0 Å². The number of fused-ring (bicyclic) bond motifs is 1. The van der Waals surface area contributed by atoms with E-state index in [1.807, 2.05) is 0 Å². The van der Waals surface area contributed by atoms with Crippen LogP contribution in [0, 0.1) is 23.7 Å². The van der Waals surface area contributed by atoms with Gasteiger partial charge in [0.15, 0.2) is 0 Å². The fourth-order valence-electron chi connectivity index (χ4n) is 2.93. The molecule has 72 valence electrons. The molecule has 0 aromatic heterocycles. The van der Waals surface area contributed by atoms with Crippen molar-refractivity contribution in [1.82, 2.24) is 0 Å². The van der Waals surface area contributed by atoms with Crippen LogP contribution in [0.15, 0.2) is 0 Å². The van der Waals surface area contributed by atoms with E-state index >= 15 is 0 Å². The van der Waals surface area contributed by atoms with Gasteiger partial charge in [0.25, 0.3) is 0 Å². The van der Waals surface area contributed by atoms with E-state index in [2.05, 4.69) is 0 Å². The normalized spacial score (nSPS) is 41.7. The van der Waals surface area contributed by atoms with E-state index in [-0.39, 0.29) is 0 Å². The van der Waals surface area contributed by atoms with Crippen molar-refractivity contribution >= 4 is 5.78 Å². The third kappa shape index (κ3) is 1.66. The number of carbonyl (C=O) groups is 1. The minimum Gasteiger partial charge on any atom is -0.299 e. The van der Waals surface area contributed by atoms with Crippen LogP contribution in [0.3, 0.4) is 0 Å². The van der Waals surface area contributed by atoms with Gasteiger partial charge in [-0.1, -0.05) is 12.8 Å². The van der Waals surface area contributed by atoms with Gasteiger partial charge in [-0.3, -0.25) is 4.79 Å². The van der Waals surface area contributed by atoms with E-state index in [1.165, 1.54) is 38.5 Å². The third-order valence-corrected chi connectivity index (χ3v) is 4.19. The van der Waals surface area contributed by atoms with Gasteiger partial charge in [0.1, 0.15) is 5.78 Å². The molecule has 0 radical (unpaired) electrons. The summed E-state index contributed by atoms with van der Waals surface area (Å²) >= 11 is 0. The predicted molar refractivity (Wildman–Crippen MR) is 51.3 cm³/mol. The number of hydrogen-bond acceptors (Lipinski definition) is 1. The molecule has 2 unspecified atom stereocenters. The molecule has 0 aromatic rings. The summed E-state index contributed by atoms with van der Waals surface area (Å²) in [5.74, 6) is 3.95. The molecule has 0 heterocycles. The van der Waals surface area contributed by atoms with Crippen molar-refractivity contribution in [2.75, 3.05) is 0 Å². The van der Waals surface area contributed by atoms with Crippen molar-refractivity contribution in [2.45, 2.75) is 44.9 Å². The summed E-state index contributed by atoms with van der Waals surface area (Å²) in [7, 11) is 0. The smallest absolute Gasteiger partial charge is 0.136 e. The molecule has 3 fully saturated rings. The molecule has 0 aliphatic heterocycles. The maximum absolute atomic E-state index is 11.7. The monoisotopic (exact) mass is 178 g/mol. The quantitative estimate of drug-likeness (QED) is 0.647. The van der Waals surface area contributed by atoms with Gasteiger partial charge < -0.3 is 0 Å². The lowest BCUT2D eigenvalue weighted by molar-refractivity contribution is -0.123. The Kier molecular flexibility index (Phi) is 1.75. The first-order valence-electron chi connectivity index (χ1n) is 5.85. The Balaban J connectivity index is 1.45. The Hall–Kier alpha value is -0.330. The van der Waals surface area contributed by atoms with E-state index in [0.717, 1.165) is 24.2 Å². The number of Topliss-reactive ketones (excluding diaryl/α,β-unsaturated/α-hetero) is 1. The first kappa shape index (κ1) is 8.02. The van der Waals surface area contributed by atoms with Gasteiger partial charge in [0.2, 0.25) is 0 Å². The first-order valence-corrected chi connectivity index (χ1v) is 5.85. The summed E-state index contributed by atoms with van der Waals surface area (Å²) in [4.78, 5) is 11.7. The van der Waals surface area contributed by atoms with Crippen molar-refractivity contribution in [2.24, 2.45) is 23.7 Å². The van der Waals surface area contributed by atoms with Gasteiger partial charge in [-0.2, -0.15) is 0 Å². The van der Waals surface area contributed by atoms with Crippen molar-refractivity contribution in [3.63, 3.8) is 0 Å². The molecule has 0 saturated heterocycles. The van der Waals surface area contributed by atoms with Gasteiger partial charge >= 0.3 is 0 Å². The molecule has 0 aromatic carbocycles. The molecule has 0 spiro atoms. The highest BCUT2D eigenvalue weighted by Gasteiger charge is 2.47. The third-order valence-electron chi connectivity index (χ3n) is 4.19. The van der Waals surface area contributed by atoms with Crippen molar-refractivity contribution < 1.29 is 4.79 Å². The average molecular weight is 178 g/mol. The van der Waals surface area contributed by atoms with Gasteiger partial charge in [-0.05, 0) is 43.4 Å². The Morgan fingerprint density at radius 2 is 1.77 bits per heavy atom. The van der Waals surface area contributed by atoms with Crippen molar-refractivity contribution in [1.29, 1.82) is 0 Å². The number of ketones is 1. The van der Waals surface area contributed by atoms with Crippen molar-refractivity contribution in [3.05, 3.63) is 0 Å². The summed E-state index contributed by atoms with van der Waals surface area (Å²) in [5, 5.41) is 0. The molecule has 0 bridgehead atoms. The molecule has 2 atom stereocenters. The highest BCUT2D eigenvalue weighted by Crippen LogP contribution is 2.54. The number of carbonyl (C=O) groups excluding carboxylic acids is 1. The summed E-state index contributed by atoms with van der Waals surface area (Å²) in [6, 6.07) is 0. The van der Waals surface area contributed by atoms with Gasteiger partial charge in [0.05, 0.1) is 0 Å². The molecule has 3 aliphatic carbocycles. The predicted octanol–water partition coefficient (Wildman–Crippen LogP) is 2.79. The second-order valence-electron chi connectivity index (χ2n) is 5.37. The fraction of sp³-hybridized carbons (Fsp3) is 0.917. The molecule has 1 nitrogen and oxygen atoms in total. The van der Waals surface area contributed by atoms with E-state index in [4.69, 9.17) is 0 Å². The highest BCUT2D eigenvalue weighted by atomic mass is 16.1. The maximum atomic E-state index is 11.7. The first-order chi connectivity index (χ1) is 6.33. The molecule has 0 N–H and O–H groups in total. The van der Waals surface area contributed by atoms with Gasteiger partial charge in [-0.25, -0.2) is 0 Å². The second kappa shape index (κ2) is 2.83. The van der Waals surface area contributed by atoms with Crippen molar-refractivity contribution in [3.8, 4) is 0 Å². The second-order valence-corrected chi connectivity index (χ2v) is 5.37. The van der Waals surface area contributed by atoms with E-state index < -0.39 is 0 Å². The SMILES string of the molecule is O=C(CCC1CC1)C1CC2CC2C1. The lowest BCUT2D eigenvalue weighted by atomic mass is 9.94. The molecular formula is C12H18O. The largest absolute Gasteiger partial charge is 0.299 e. The fourth-order valence-corrected chi connectivity index (χ4v) is 2.93. The van der Waals surface area contributed by atoms with Crippen LogP contribution < -0.4 is 0 Å². The van der Waals surface area contributed by atoms with Gasteiger partial charge in [0, 0.05) is 12.3 Å². The topological polar surface area (TPSA) is 17.1 Å². The van der Waals surface area contributed by atoms with Crippen LogP contribution in [0.5, 0.6) is 0 Å². The highest BCUT2D eigenvalue weighted by molar-refractivity contribution is 5.81. The molecule has 3 aliphatic rings. The average Bonchev–Trinajstić information content (AvgIpc) is 3.04. The lowest BCUT2D eigenvalue weighted by Crippen LogP contribution is -2.12. The van der Waals surface area contributed by atoms with Crippen LogP contribution >= 0.6 is 0 Å².